The molecule has 0 fully saturated rings. The molecule has 6 nitrogen and oxygen atoms in total. The molecular weight excluding hydrogens is 407 g/mol. The van der Waals surface area contributed by atoms with Gasteiger partial charge in [-0.2, -0.15) is 18.3 Å². The normalized spacial score (nSPS) is 18.6. The van der Waals surface area contributed by atoms with Crippen molar-refractivity contribution < 1.29 is 18.0 Å². The number of alkyl halides is 3. The van der Waals surface area contributed by atoms with Gasteiger partial charge in [0.2, 0.25) is 0 Å². The Morgan fingerprint density at radius 1 is 1.21 bits per heavy atom. The Hall–Kier alpha value is -3.07. The van der Waals surface area contributed by atoms with E-state index >= 15 is 0 Å². The highest BCUT2D eigenvalue weighted by atomic mass is 35.5. The highest BCUT2D eigenvalue weighted by Crippen LogP contribution is 2.44. The number of nitrogens with zero attached hydrogens (tertiary/aromatic N) is 3. The van der Waals surface area contributed by atoms with Crippen LogP contribution in [0.15, 0.2) is 54.9 Å². The Bertz CT molecular complexity index is 1040. The SMILES string of the molecule is O=C(Nc1cccnc1Cl)c1cnn2c1N[C@@H](c1ccccc1)C[C@H]2C(F)(F)F. The number of nitrogens with one attached hydrogen (secondary N) is 2. The number of anilines is 2. The molecule has 1 amide bonds. The first kappa shape index (κ1) is 19.3. The maximum absolute atomic E-state index is 13.7. The summed E-state index contributed by atoms with van der Waals surface area (Å²) >= 11 is 5.95. The molecule has 2 atom stereocenters. The van der Waals surface area contributed by atoms with Crippen LogP contribution in [-0.4, -0.2) is 26.8 Å². The predicted molar refractivity (Wildman–Crippen MR) is 102 cm³/mol. The lowest BCUT2D eigenvalue weighted by atomic mass is 9.96. The van der Waals surface area contributed by atoms with Crippen molar-refractivity contribution in [2.45, 2.75) is 24.7 Å². The Labute approximate surface area is 168 Å². The molecule has 0 bridgehead atoms. The van der Waals surface area contributed by atoms with Crippen molar-refractivity contribution in [1.82, 2.24) is 14.8 Å². The van der Waals surface area contributed by atoms with Crippen LogP contribution < -0.4 is 10.6 Å². The summed E-state index contributed by atoms with van der Waals surface area (Å²) < 4.78 is 41.9. The van der Waals surface area contributed by atoms with Gasteiger partial charge in [-0.15, -0.1) is 0 Å². The van der Waals surface area contributed by atoms with Crippen molar-refractivity contribution in [2.24, 2.45) is 0 Å². The molecule has 10 heteroatoms. The Morgan fingerprint density at radius 3 is 2.66 bits per heavy atom. The molecule has 3 heterocycles. The quantitative estimate of drug-likeness (QED) is 0.593. The van der Waals surface area contributed by atoms with E-state index in [2.05, 4.69) is 20.7 Å². The fraction of sp³-hybridized carbons (Fsp3) is 0.211. The van der Waals surface area contributed by atoms with Crippen LogP contribution in [0.25, 0.3) is 0 Å². The summed E-state index contributed by atoms with van der Waals surface area (Å²) in [6, 6.07) is 9.42. The van der Waals surface area contributed by atoms with Crippen molar-refractivity contribution in [3.8, 4) is 0 Å². The molecule has 4 rings (SSSR count). The van der Waals surface area contributed by atoms with Crippen LogP contribution >= 0.6 is 11.6 Å². The number of benzene rings is 1. The lowest BCUT2D eigenvalue weighted by Gasteiger charge is -2.34. The van der Waals surface area contributed by atoms with Crippen LogP contribution in [0.5, 0.6) is 0 Å². The van der Waals surface area contributed by atoms with E-state index < -0.39 is 24.2 Å². The number of rotatable bonds is 3. The van der Waals surface area contributed by atoms with Crippen LogP contribution in [0.3, 0.4) is 0 Å². The fourth-order valence-electron chi connectivity index (χ4n) is 3.30. The topological polar surface area (TPSA) is 71.8 Å². The van der Waals surface area contributed by atoms with E-state index in [1.165, 1.54) is 6.20 Å². The average Bonchev–Trinajstić information content (AvgIpc) is 3.13. The monoisotopic (exact) mass is 421 g/mol. The van der Waals surface area contributed by atoms with E-state index in [9.17, 15) is 18.0 Å². The van der Waals surface area contributed by atoms with Gasteiger partial charge < -0.3 is 10.6 Å². The molecule has 0 saturated carbocycles. The maximum Gasteiger partial charge on any atom is 0.410 e. The van der Waals surface area contributed by atoms with Crippen molar-refractivity contribution in [1.29, 1.82) is 0 Å². The van der Waals surface area contributed by atoms with E-state index in [1.54, 1.807) is 42.5 Å². The van der Waals surface area contributed by atoms with E-state index in [0.29, 0.717) is 5.56 Å². The molecule has 0 unspecified atom stereocenters. The maximum atomic E-state index is 13.7. The third-order valence-electron chi connectivity index (χ3n) is 4.69. The molecular formula is C19H15ClF3N5O. The Balaban J connectivity index is 1.70. The summed E-state index contributed by atoms with van der Waals surface area (Å²) in [7, 11) is 0. The van der Waals surface area contributed by atoms with Crippen LogP contribution in [0.2, 0.25) is 5.15 Å². The molecule has 2 aromatic heterocycles. The molecule has 0 radical (unpaired) electrons. The molecule has 150 valence electrons. The van der Waals surface area contributed by atoms with Gasteiger partial charge >= 0.3 is 6.18 Å². The number of fused-ring (bicyclic) bond motifs is 1. The molecule has 0 saturated heterocycles. The zero-order valence-electron chi connectivity index (χ0n) is 14.8. The second-order valence-electron chi connectivity index (χ2n) is 6.55. The zero-order chi connectivity index (χ0) is 20.6. The molecule has 2 N–H and O–H groups in total. The van der Waals surface area contributed by atoms with E-state index in [0.717, 1.165) is 10.9 Å². The van der Waals surface area contributed by atoms with E-state index in [-0.39, 0.29) is 28.6 Å². The van der Waals surface area contributed by atoms with Crippen LogP contribution in [0, 0.1) is 0 Å². The van der Waals surface area contributed by atoms with E-state index in [4.69, 9.17) is 11.6 Å². The molecule has 0 aliphatic carbocycles. The number of halogens is 4. The number of aromatic nitrogens is 3. The first-order chi connectivity index (χ1) is 13.8. The van der Waals surface area contributed by atoms with Gasteiger partial charge in [0.25, 0.3) is 5.91 Å². The van der Waals surface area contributed by atoms with Gasteiger partial charge in [0.15, 0.2) is 11.2 Å². The smallest absolute Gasteiger partial charge is 0.363 e. The van der Waals surface area contributed by atoms with E-state index in [1.807, 2.05) is 0 Å². The van der Waals surface area contributed by atoms with Gasteiger partial charge in [0.1, 0.15) is 11.4 Å². The second-order valence-corrected chi connectivity index (χ2v) is 6.91. The lowest BCUT2D eigenvalue weighted by Crippen LogP contribution is -2.36. The number of amides is 1. The van der Waals surface area contributed by atoms with Crippen molar-refractivity contribution in [3.05, 3.63) is 71.1 Å². The Morgan fingerprint density at radius 2 is 1.97 bits per heavy atom. The highest BCUT2D eigenvalue weighted by molar-refractivity contribution is 6.32. The minimum absolute atomic E-state index is 0.00457. The van der Waals surface area contributed by atoms with Crippen LogP contribution in [0.4, 0.5) is 24.7 Å². The number of hydrogen-bond donors (Lipinski definition) is 2. The lowest BCUT2D eigenvalue weighted by molar-refractivity contribution is -0.173. The number of carbonyl (C=O) groups is 1. The third kappa shape index (κ3) is 3.77. The van der Waals surface area contributed by atoms with Crippen molar-refractivity contribution in [2.75, 3.05) is 10.6 Å². The highest BCUT2D eigenvalue weighted by Gasteiger charge is 2.47. The van der Waals surface area contributed by atoms with Gasteiger partial charge in [0, 0.05) is 12.6 Å². The minimum Gasteiger partial charge on any atom is -0.363 e. The summed E-state index contributed by atoms with van der Waals surface area (Å²) in [6.07, 6.45) is -2.18. The number of hydrogen-bond acceptors (Lipinski definition) is 4. The molecule has 3 aromatic rings. The first-order valence-electron chi connectivity index (χ1n) is 8.72. The standard InChI is InChI=1S/C19H15ClF3N5O/c20-16-13(7-4-8-24-16)27-18(29)12-10-25-28-15(19(21,22)23)9-14(26-17(12)28)11-5-2-1-3-6-11/h1-8,10,14-15,26H,9H2,(H,27,29)/t14-,15+/m1/s1. The van der Waals surface area contributed by atoms with Crippen LogP contribution in [-0.2, 0) is 0 Å². The van der Waals surface area contributed by atoms with Crippen LogP contribution in [0.1, 0.15) is 34.4 Å². The summed E-state index contributed by atoms with van der Waals surface area (Å²) in [4.78, 5) is 16.6. The second kappa shape index (κ2) is 7.40. The summed E-state index contributed by atoms with van der Waals surface area (Å²) in [5, 5.41) is 9.52. The average molecular weight is 422 g/mol. The molecule has 1 aliphatic rings. The van der Waals surface area contributed by atoms with Gasteiger partial charge in [0.05, 0.1) is 17.9 Å². The molecule has 1 aliphatic heterocycles. The van der Waals surface area contributed by atoms with Crippen molar-refractivity contribution >= 4 is 29.0 Å². The predicted octanol–water partition coefficient (Wildman–Crippen LogP) is 4.84. The third-order valence-corrected chi connectivity index (χ3v) is 4.99. The fourth-order valence-corrected chi connectivity index (χ4v) is 3.47. The summed E-state index contributed by atoms with van der Waals surface area (Å²) in [6.45, 7) is 0. The zero-order valence-corrected chi connectivity index (χ0v) is 15.6. The molecule has 1 aromatic carbocycles. The number of carbonyl (C=O) groups excluding carboxylic acids is 1. The van der Waals surface area contributed by atoms with Gasteiger partial charge in [-0.05, 0) is 17.7 Å². The minimum atomic E-state index is -4.52. The first-order valence-corrected chi connectivity index (χ1v) is 9.10. The van der Waals surface area contributed by atoms with Gasteiger partial charge in [-0.3, -0.25) is 4.79 Å². The van der Waals surface area contributed by atoms with Gasteiger partial charge in [-0.25, -0.2) is 9.67 Å². The largest absolute Gasteiger partial charge is 0.410 e. The van der Waals surface area contributed by atoms with Crippen molar-refractivity contribution in [3.63, 3.8) is 0 Å². The summed E-state index contributed by atoms with van der Waals surface area (Å²) in [5.74, 6) is -0.631. The molecule has 29 heavy (non-hydrogen) atoms. The number of pyridine rings is 1. The van der Waals surface area contributed by atoms with Gasteiger partial charge in [-0.1, -0.05) is 41.9 Å². The summed E-state index contributed by atoms with van der Waals surface area (Å²) in [5.41, 5.74) is 0.928. The Kier molecular flexibility index (Phi) is 4.91. The molecule has 0 spiro atoms.